The summed E-state index contributed by atoms with van der Waals surface area (Å²) in [5, 5.41) is 2.98. The van der Waals surface area contributed by atoms with Gasteiger partial charge in [0.2, 0.25) is 16.8 Å². The Bertz CT molecular complexity index is 1130. The summed E-state index contributed by atoms with van der Waals surface area (Å²) < 4.78 is 49.1. The first kappa shape index (κ1) is 22.7. The summed E-state index contributed by atoms with van der Waals surface area (Å²) in [7, 11) is -3.76. The van der Waals surface area contributed by atoms with Gasteiger partial charge in [-0.25, -0.2) is 8.42 Å². The average molecular weight is 483 g/mol. The Balaban J connectivity index is 1.66. The lowest BCUT2D eigenvalue weighted by atomic mass is 10.1. The smallest absolute Gasteiger partial charge is 0.255 e. The normalized spacial score (nSPS) is 16.2. The molecule has 1 fully saturated rings. The van der Waals surface area contributed by atoms with E-state index in [4.69, 9.17) is 30.5 Å². The minimum Gasteiger partial charge on any atom is -0.489 e. The number of rotatable bonds is 6. The van der Waals surface area contributed by atoms with Crippen molar-refractivity contribution in [3.63, 3.8) is 0 Å². The minimum atomic E-state index is -3.76. The second-order valence-electron chi connectivity index (χ2n) is 7.49. The van der Waals surface area contributed by atoms with Crippen molar-refractivity contribution in [2.75, 3.05) is 38.4 Å². The highest BCUT2D eigenvalue weighted by Gasteiger charge is 2.28. The molecule has 1 N–H and O–H groups in total. The molecule has 0 unspecified atom stereocenters. The first-order chi connectivity index (χ1) is 15.3. The molecular weight excluding hydrogens is 460 g/mol. The van der Waals surface area contributed by atoms with E-state index in [0.717, 1.165) is 0 Å². The molecule has 0 spiro atoms. The third-order valence-corrected chi connectivity index (χ3v) is 7.03. The molecule has 0 aromatic heterocycles. The van der Waals surface area contributed by atoms with Crippen LogP contribution in [0.4, 0.5) is 5.69 Å². The molecule has 0 bridgehead atoms. The minimum absolute atomic E-state index is 0.0218. The number of fused-ring (bicyclic) bond motifs is 1. The van der Waals surface area contributed by atoms with Crippen LogP contribution in [0.2, 0.25) is 5.02 Å². The molecule has 1 amide bonds. The number of halogens is 1. The highest BCUT2D eigenvalue weighted by atomic mass is 35.5. The van der Waals surface area contributed by atoms with Gasteiger partial charge in [0, 0.05) is 18.7 Å². The van der Waals surface area contributed by atoms with Crippen LogP contribution in [0.15, 0.2) is 35.2 Å². The Kier molecular flexibility index (Phi) is 6.47. The highest BCUT2D eigenvalue weighted by Crippen LogP contribution is 2.40. The Morgan fingerprint density at radius 1 is 1.16 bits per heavy atom. The van der Waals surface area contributed by atoms with E-state index in [0.29, 0.717) is 30.5 Å². The first-order valence-electron chi connectivity index (χ1n) is 10.0. The Morgan fingerprint density at radius 2 is 1.91 bits per heavy atom. The van der Waals surface area contributed by atoms with Gasteiger partial charge in [0.1, 0.15) is 5.75 Å². The summed E-state index contributed by atoms with van der Waals surface area (Å²) in [6, 6.07) is 7.38. The zero-order valence-electron chi connectivity index (χ0n) is 17.6. The largest absolute Gasteiger partial charge is 0.489 e. The second kappa shape index (κ2) is 9.14. The maximum Gasteiger partial charge on any atom is 0.255 e. The zero-order valence-corrected chi connectivity index (χ0v) is 19.2. The molecular formula is C21H23ClN2O7S. The lowest BCUT2D eigenvalue weighted by Crippen LogP contribution is -2.40. The SMILES string of the molecule is CC(C)Oc1ccc(S(=O)(=O)N2CCOCC2)cc1NC(=O)c1cc(Cl)c2c(c1)OCO2. The summed E-state index contributed by atoms with van der Waals surface area (Å²) in [5.41, 5.74) is 0.461. The van der Waals surface area contributed by atoms with Crippen molar-refractivity contribution in [3.05, 3.63) is 40.9 Å². The van der Waals surface area contributed by atoms with Gasteiger partial charge in [-0.15, -0.1) is 0 Å². The maximum absolute atomic E-state index is 13.1. The summed E-state index contributed by atoms with van der Waals surface area (Å²) in [5.74, 6) is 0.594. The van der Waals surface area contributed by atoms with Gasteiger partial charge >= 0.3 is 0 Å². The van der Waals surface area contributed by atoms with Crippen LogP contribution in [0.3, 0.4) is 0 Å². The molecule has 0 aliphatic carbocycles. The predicted molar refractivity (Wildman–Crippen MR) is 117 cm³/mol. The van der Waals surface area contributed by atoms with Crippen molar-refractivity contribution in [3.8, 4) is 17.2 Å². The Hall–Kier alpha value is -2.53. The quantitative estimate of drug-likeness (QED) is 0.674. The number of benzene rings is 2. The summed E-state index contributed by atoms with van der Waals surface area (Å²) in [4.78, 5) is 13.0. The Morgan fingerprint density at radius 3 is 2.62 bits per heavy atom. The van der Waals surface area contributed by atoms with E-state index in [1.807, 2.05) is 13.8 Å². The van der Waals surface area contributed by atoms with Crippen LogP contribution in [-0.2, 0) is 14.8 Å². The fraction of sp³-hybridized carbons (Fsp3) is 0.381. The van der Waals surface area contributed by atoms with Gasteiger partial charge in [0.15, 0.2) is 11.5 Å². The van der Waals surface area contributed by atoms with Gasteiger partial charge in [0.25, 0.3) is 5.91 Å². The molecule has 2 heterocycles. The van der Waals surface area contributed by atoms with Crippen molar-refractivity contribution < 1.29 is 32.2 Å². The van der Waals surface area contributed by atoms with Crippen LogP contribution in [0.25, 0.3) is 0 Å². The molecule has 2 aromatic carbocycles. The van der Waals surface area contributed by atoms with Crippen molar-refractivity contribution in [1.29, 1.82) is 0 Å². The van der Waals surface area contributed by atoms with E-state index in [1.165, 1.54) is 34.6 Å². The number of hydrogen-bond donors (Lipinski definition) is 1. The third kappa shape index (κ3) is 4.63. The van der Waals surface area contributed by atoms with E-state index in [9.17, 15) is 13.2 Å². The van der Waals surface area contributed by atoms with Crippen molar-refractivity contribution in [2.24, 2.45) is 0 Å². The van der Waals surface area contributed by atoms with Crippen molar-refractivity contribution in [1.82, 2.24) is 4.31 Å². The number of carbonyl (C=O) groups is 1. The number of sulfonamides is 1. The van der Waals surface area contributed by atoms with Crippen LogP contribution in [0, 0.1) is 0 Å². The summed E-state index contributed by atoms with van der Waals surface area (Å²) >= 11 is 6.19. The molecule has 11 heteroatoms. The molecule has 172 valence electrons. The van der Waals surface area contributed by atoms with Gasteiger partial charge in [-0.05, 0) is 44.2 Å². The molecule has 2 aliphatic rings. The third-order valence-electron chi connectivity index (χ3n) is 4.86. The highest BCUT2D eigenvalue weighted by molar-refractivity contribution is 7.89. The summed E-state index contributed by atoms with van der Waals surface area (Å²) in [6.45, 7) is 4.90. The second-order valence-corrected chi connectivity index (χ2v) is 9.83. The molecule has 0 saturated carbocycles. The van der Waals surface area contributed by atoms with E-state index >= 15 is 0 Å². The van der Waals surface area contributed by atoms with Crippen LogP contribution in [0.1, 0.15) is 24.2 Å². The first-order valence-corrected chi connectivity index (χ1v) is 11.9. The number of anilines is 1. The summed E-state index contributed by atoms with van der Waals surface area (Å²) in [6.07, 6.45) is -0.188. The number of ether oxygens (including phenoxy) is 4. The van der Waals surface area contributed by atoms with Crippen molar-refractivity contribution >= 4 is 33.2 Å². The molecule has 1 saturated heterocycles. The average Bonchev–Trinajstić information content (AvgIpc) is 3.24. The van der Waals surface area contributed by atoms with Crippen LogP contribution in [0.5, 0.6) is 17.2 Å². The number of nitrogens with zero attached hydrogens (tertiary/aromatic N) is 1. The van der Waals surface area contributed by atoms with Gasteiger partial charge in [-0.2, -0.15) is 4.31 Å². The monoisotopic (exact) mass is 482 g/mol. The molecule has 2 aliphatic heterocycles. The number of hydrogen-bond acceptors (Lipinski definition) is 7. The number of nitrogens with one attached hydrogen (secondary N) is 1. The molecule has 4 rings (SSSR count). The maximum atomic E-state index is 13.1. The van der Waals surface area contributed by atoms with E-state index in [2.05, 4.69) is 5.32 Å². The van der Waals surface area contributed by atoms with Crippen LogP contribution < -0.4 is 19.5 Å². The zero-order chi connectivity index (χ0) is 22.9. The van der Waals surface area contributed by atoms with Crippen LogP contribution in [-0.4, -0.2) is 57.8 Å². The predicted octanol–water partition coefficient (Wildman–Crippen LogP) is 3.13. The van der Waals surface area contributed by atoms with Gasteiger partial charge < -0.3 is 24.3 Å². The fourth-order valence-electron chi connectivity index (χ4n) is 3.35. The lowest BCUT2D eigenvalue weighted by Gasteiger charge is -2.26. The van der Waals surface area contributed by atoms with E-state index in [1.54, 1.807) is 0 Å². The molecule has 0 atom stereocenters. The van der Waals surface area contributed by atoms with Gasteiger partial charge in [-0.1, -0.05) is 11.6 Å². The van der Waals surface area contributed by atoms with Crippen molar-refractivity contribution in [2.45, 2.75) is 24.8 Å². The molecule has 32 heavy (non-hydrogen) atoms. The van der Waals surface area contributed by atoms with Gasteiger partial charge in [0.05, 0.1) is 34.9 Å². The fourth-order valence-corrected chi connectivity index (χ4v) is 5.05. The van der Waals surface area contributed by atoms with E-state index in [-0.39, 0.29) is 47.2 Å². The van der Waals surface area contributed by atoms with Gasteiger partial charge in [-0.3, -0.25) is 4.79 Å². The standard InChI is InChI=1S/C21H23ClN2O7S/c1-13(2)31-18-4-3-15(32(26,27)24-5-7-28-8-6-24)11-17(18)23-21(25)14-9-16(22)20-19(10-14)29-12-30-20/h3-4,9-11,13H,5-8,12H2,1-2H3,(H,23,25). The molecule has 2 aromatic rings. The number of amides is 1. The molecule has 0 radical (unpaired) electrons. The number of morpholine rings is 1. The van der Waals surface area contributed by atoms with E-state index < -0.39 is 15.9 Å². The lowest BCUT2D eigenvalue weighted by molar-refractivity contribution is 0.0730. The Labute approximate surface area is 191 Å². The van der Waals surface area contributed by atoms with Crippen LogP contribution >= 0.6 is 11.6 Å². The molecule has 9 nitrogen and oxygen atoms in total. The number of carbonyl (C=O) groups excluding carboxylic acids is 1. The topological polar surface area (TPSA) is 103 Å².